The van der Waals surface area contributed by atoms with Gasteiger partial charge in [0.1, 0.15) is 4.88 Å². The molecule has 1 aromatic rings. The molecular weight excluding hydrogens is 310 g/mol. The quantitative estimate of drug-likeness (QED) is 0.861. The Morgan fingerprint density at radius 2 is 1.83 bits per heavy atom. The van der Waals surface area contributed by atoms with E-state index >= 15 is 0 Å². The zero-order valence-corrected chi connectivity index (χ0v) is 14.2. The van der Waals surface area contributed by atoms with E-state index in [2.05, 4.69) is 5.32 Å². The highest BCUT2D eigenvalue weighted by Gasteiger charge is 2.48. The highest BCUT2D eigenvalue weighted by atomic mass is 32.1. The van der Waals surface area contributed by atoms with Crippen LogP contribution < -0.4 is 5.32 Å². The molecule has 0 atom stereocenters. The number of hydrogen-bond acceptors (Lipinski definition) is 4. The number of carbonyl (C=O) groups is 2. The molecule has 4 bridgehead atoms. The molecule has 0 aromatic carbocycles. The van der Waals surface area contributed by atoms with Gasteiger partial charge in [0.05, 0.1) is 0 Å². The van der Waals surface area contributed by atoms with Gasteiger partial charge in [0.25, 0.3) is 5.91 Å². The number of hydrogen-bond donors (Lipinski definition) is 1. The molecule has 0 radical (unpaired) electrons. The van der Waals surface area contributed by atoms with Gasteiger partial charge < -0.3 is 10.1 Å². The Kier molecular flexibility index (Phi) is 3.92. The number of rotatable bonds is 4. The largest absolute Gasteiger partial charge is 0.451 e. The Labute approximate surface area is 140 Å². The van der Waals surface area contributed by atoms with Crippen molar-refractivity contribution >= 4 is 23.2 Å². The molecule has 0 unspecified atom stereocenters. The molecule has 4 saturated carbocycles. The van der Waals surface area contributed by atoms with Crippen molar-refractivity contribution in [2.45, 2.75) is 45.1 Å². The molecule has 0 spiro atoms. The first kappa shape index (κ1) is 15.2. The van der Waals surface area contributed by atoms with Gasteiger partial charge in [0.15, 0.2) is 6.61 Å². The summed E-state index contributed by atoms with van der Waals surface area (Å²) in [6.45, 7) is 1.71. The molecule has 4 fully saturated rings. The van der Waals surface area contributed by atoms with Crippen LogP contribution in [0.5, 0.6) is 0 Å². The minimum absolute atomic E-state index is 0.148. The first-order valence-electron chi connectivity index (χ1n) is 8.60. The van der Waals surface area contributed by atoms with Crippen molar-refractivity contribution < 1.29 is 14.3 Å². The average Bonchev–Trinajstić information content (AvgIpc) is 2.94. The van der Waals surface area contributed by atoms with Crippen LogP contribution in [-0.2, 0) is 9.53 Å². The molecule has 23 heavy (non-hydrogen) atoms. The number of carbonyl (C=O) groups excluding carboxylic acids is 2. The minimum Gasteiger partial charge on any atom is -0.451 e. The number of thiophene rings is 1. The fraction of sp³-hybridized carbons (Fsp3) is 0.667. The van der Waals surface area contributed by atoms with Gasteiger partial charge in [0.2, 0.25) is 0 Å². The smallest absolute Gasteiger partial charge is 0.349 e. The maximum absolute atomic E-state index is 12.2. The van der Waals surface area contributed by atoms with E-state index in [0.29, 0.717) is 22.8 Å². The van der Waals surface area contributed by atoms with Crippen LogP contribution in [0.25, 0.3) is 0 Å². The Hall–Kier alpha value is -1.36. The van der Waals surface area contributed by atoms with E-state index in [1.165, 1.54) is 43.4 Å². The van der Waals surface area contributed by atoms with Crippen LogP contribution in [0.4, 0.5) is 0 Å². The zero-order chi connectivity index (χ0) is 16.0. The van der Waals surface area contributed by atoms with Crippen molar-refractivity contribution in [1.82, 2.24) is 5.32 Å². The van der Waals surface area contributed by atoms with E-state index < -0.39 is 5.97 Å². The summed E-state index contributed by atoms with van der Waals surface area (Å²) in [5, 5.41) is 5.03. The molecule has 4 aliphatic carbocycles. The highest BCUT2D eigenvalue weighted by Crippen LogP contribution is 2.53. The monoisotopic (exact) mass is 333 g/mol. The number of nitrogens with one attached hydrogen (secondary N) is 1. The molecule has 1 N–H and O–H groups in total. The molecule has 5 heteroatoms. The molecule has 4 aliphatic rings. The van der Waals surface area contributed by atoms with Gasteiger partial charge in [0, 0.05) is 6.04 Å². The van der Waals surface area contributed by atoms with Gasteiger partial charge in [-0.25, -0.2) is 4.79 Å². The van der Waals surface area contributed by atoms with Gasteiger partial charge in [-0.3, -0.25) is 4.79 Å². The summed E-state index contributed by atoms with van der Waals surface area (Å²) >= 11 is 1.36. The van der Waals surface area contributed by atoms with Crippen LogP contribution in [-0.4, -0.2) is 24.5 Å². The second-order valence-corrected chi connectivity index (χ2v) is 8.45. The minimum atomic E-state index is -0.391. The first-order valence-corrected chi connectivity index (χ1v) is 9.48. The SMILES string of the molecule is Cc1ccsc1C(=O)OCC(=O)NC1C2CC3CC(C2)CC1C3. The van der Waals surface area contributed by atoms with E-state index in [0.717, 1.165) is 17.4 Å². The second-order valence-electron chi connectivity index (χ2n) is 7.53. The lowest BCUT2D eigenvalue weighted by molar-refractivity contribution is -0.128. The molecular formula is C18H23NO3S. The van der Waals surface area contributed by atoms with E-state index in [1.807, 2.05) is 18.4 Å². The summed E-state index contributed by atoms with van der Waals surface area (Å²) < 4.78 is 5.18. The van der Waals surface area contributed by atoms with Crippen molar-refractivity contribution in [1.29, 1.82) is 0 Å². The van der Waals surface area contributed by atoms with Gasteiger partial charge in [-0.2, -0.15) is 0 Å². The summed E-state index contributed by atoms with van der Waals surface area (Å²) in [5.41, 5.74) is 0.904. The normalized spacial score (nSPS) is 34.4. The lowest BCUT2D eigenvalue weighted by Crippen LogP contribution is -2.56. The maximum Gasteiger partial charge on any atom is 0.349 e. The number of amides is 1. The van der Waals surface area contributed by atoms with E-state index in [-0.39, 0.29) is 12.5 Å². The fourth-order valence-electron chi connectivity index (χ4n) is 5.17. The highest BCUT2D eigenvalue weighted by molar-refractivity contribution is 7.12. The number of aryl methyl sites for hydroxylation is 1. The van der Waals surface area contributed by atoms with Gasteiger partial charge in [-0.15, -0.1) is 11.3 Å². The van der Waals surface area contributed by atoms with Crippen molar-refractivity contribution in [3.8, 4) is 0 Å². The van der Waals surface area contributed by atoms with Crippen LogP contribution in [0.15, 0.2) is 11.4 Å². The molecule has 0 aliphatic heterocycles. The predicted molar refractivity (Wildman–Crippen MR) is 88.3 cm³/mol. The van der Waals surface area contributed by atoms with Crippen LogP contribution >= 0.6 is 11.3 Å². The topological polar surface area (TPSA) is 55.4 Å². The standard InChI is InChI=1S/C18H23NO3S/c1-10-2-3-23-17(10)18(21)22-9-15(20)19-16-13-5-11-4-12(7-13)8-14(16)6-11/h2-3,11-14,16H,4-9H2,1H3,(H,19,20). The van der Waals surface area contributed by atoms with Crippen LogP contribution in [0.2, 0.25) is 0 Å². The van der Waals surface area contributed by atoms with Crippen molar-refractivity contribution in [2.75, 3.05) is 6.61 Å². The summed E-state index contributed by atoms with van der Waals surface area (Å²) in [6, 6.07) is 2.19. The molecule has 1 heterocycles. The van der Waals surface area contributed by atoms with Crippen molar-refractivity contribution in [3.63, 3.8) is 0 Å². The summed E-state index contributed by atoms with van der Waals surface area (Å²) in [7, 11) is 0. The van der Waals surface area contributed by atoms with Crippen molar-refractivity contribution in [3.05, 3.63) is 21.9 Å². The van der Waals surface area contributed by atoms with E-state index in [9.17, 15) is 9.59 Å². The summed E-state index contributed by atoms with van der Waals surface area (Å²) in [6.07, 6.45) is 6.49. The Bertz CT molecular complexity index is 596. The first-order chi connectivity index (χ1) is 11.1. The average molecular weight is 333 g/mol. The molecule has 1 amide bonds. The van der Waals surface area contributed by atoms with Gasteiger partial charge in [-0.05, 0) is 79.7 Å². The van der Waals surface area contributed by atoms with E-state index in [4.69, 9.17) is 4.74 Å². The Balaban J connectivity index is 1.31. The summed E-state index contributed by atoms with van der Waals surface area (Å²) in [4.78, 5) is 24.8. The maximum atomic E-state index is 12.2. The zero-order valence-electron chi connectivity index (χ0n) is 13.4. The van der Waals surface area contributed by atoms with Gasteiger partial charge in [-0.1, -0.05) is 0 Å². The lowest BCUT2D eigenvalue weighted by atomic mass is 9.54. The fourth-order valence-corrected chi connectivity index (χ4v) is 5.98. The van der Waals surface area contributed by atoms with Crippen LogP contribution in [0.1, 0.15) is 47.3 Å². The molecule has 5 rings (SSSR count). The second kappa shape index (κ2) is 5.93. The summed E-state index contributed by atoms with van der Waals surface area (Å²) in [5.74, 6) is 2.54. The van der Waals surface area contributed by atoms with Crippen molar-refractivity contribution in [2.24, 2.45) is 23.7 Å². The molecule has 1 aromatic heterocycles. The van der Waals surface area contributed by atoms with Crippen LogP contribution in [0, 0.1) is 30.6 Å². The third kappa shape index (κ3) is 2.91. The number of esters is 1. The van der Waals surface area contributed by atoms with Crippen LogP contribution in [0.3, 0.4) is 0 Å². The molecule has 124 valence electrons. The molecule has 4 nitrogen and oxygen atoms in total. The van der Waals surface area contributed by atoms with Gasteiger partial charge >= 0.3 is 5.97 Å². The third-order valence-electron chi connectivity index (χ3n) is 5.94. The number of ether oxygens (including phenoxy) is 1. The third-order valence-corrected chi connectivity index (χ3v) is 6.93. The predicted octanol–water partition coefficient (Wildman–Crippen LogP) is 3.15. The lowest BCUT2D eigenvalue weighted by Gasteiger charge is -2.54. The molecule has 0 saturated heterocycles. The van der Waals surface area contributed by atoms with E-state index in [1.54, 1.807) is 0 Å². The Morgan fingerprint density at radius 1 is 1.17 bits per heavy atom. The Morgan fingerprint density at radius 3 is 2.39 bits per heavy atom.